The highest BCUT2D eigenvalue weighted by molar-refractivity contribution is 5.97. The highest BCUT2D eigenvalue weighted by atomic mass is 16.3. The fraction of sp³-hybridized carbons (Fsp3) is 0.176. The Kier molecular flexibility index (Phi) is 8.11. The third-order valence-electron chi connectivity index (χ3n) is 10.4. The molecule has 8 rings (SSSR count). The van der Waals surface area contributed by atoms with Crippen molar-refractivity contribution >= 4 is 11.0 Å². The molecule has 55 heavy (non-hydrogen) atoms. The van der Waals surface area contributed by atoms with Crippen molar-refractivity contribution in [1.82, 2.24) is 14.5 Å². The Hall–Kier alpha value is -6.26. The average molecular weight is 721 g/mol. The van der Waals surface area contributed by atoms with Crippen LogP contribution in [0.3, 0.4) is 0 Å². The molecule has 0 amide bonds. The molecule has 0 fully saturated rings. The van der Waals surface area contributed by atoms with Crippen molar-refractivity contribution in [1.29, 1.82) is 0 Å². The number of para-hydroxylation sites is 2. The molecule has 0 radical (unpaired) electrons. The molecular weight excluding hydrogens is 671 g/mol. The number of nitrogens with zero attached hydrogens (tertiary/aromatic N) is 3. The maximum Gasteiger partial charge on any atom is 0.149 e. The predicted octanol–water partition coefficient (Wildman–Crippen LogP) is 13.4. The lowest BCUT2D eigenvalue weighted by Crippen LogP contribution is -2.11. The molecule has 272 valence electrons. The van der Waals surface area contributed by atoms with E-state index < -0.39 is 6.85 Å². The van der Waals surface area contributed by atoms with E-state index >= 15 is 0 Å². The number of fused-ring (bicyclic) bond motifs is 1. The van der Waals surface area contributed by atoms with Gasteiger partial charge >= 0.3 is 0 Å². The van der Waals surface area contributed by atoms with Crippen LogP contribution in [-0.2, 0) is 10.8 Å². The number of benzene rings is 6. The molecule has 2 aromatic heterocycles. The van der Waals surface area contributed by atoms with Gasteiger partial charge in [-0.1, -0.05) is 133 Å². The summed E-state index contributed by atoms with van der Waals surface area (Å²) < 4.78 is 28.0. The van der Waals surface area contributed by atoms with Crippen LogP contribution < -0.4 is 0 Å². The van der Waals surface area contributed by atoms with E-state index in [-0.39, 0.29) is 22.1 Å². The largest absolute Gasteiger partial charge is 0.507 e. The van der Waals surface area contributed by atoms with E-state index in [2.05, 4.69) is 102 Å². The van der Waals surface area contributed by atoms with Gasteiger partial charge in [0.15, 0.2) is 0 Å². The number of phenols is 1. The number of phenolic OH excluding ortho intramolecular Hbond substituents is 1. The fourth-order valence-electron chi connectivity index (χ4n) is 7.26. The first kappa shape index (κ1) is 32.2. The van der Waals surface area contributed by atoms with Crippen LogP contribution in [0.4, 0.5) is 0 Å². The van der Waals surface area contributed by atoms with Gasteiger partial charge in [0.25, 0.3) is 0 Å². The third-order valence-corrected chi connectivity index (χ3v) is 10.4. The van der Waals surface area contributed by atoms with Crippen LogP contribution in [0.15, 0.2) is 152 Å². The fourth-order valence-corrected chi connectivity index (χ4v) is 7.26. The smallest absolute Gasteiger partial charge is 0.149 e. The van der Waals surface area contributed by atoms with Gasteiger partial charge in [-0.25, -0.2) is 4.98 Å². The topological polar surface area (TPSA) is 50.9 Å². The van der Waals surface area contributed by atoms with Gasteiger partial charge in [0.05, 0.1) is 28.0 Å². The van der Waals surface area contributed by atoms with Crippen LogP contribution in [0.5, 0.6) is 5.75 Å². The molecule has 1 N–H and O–H groups in total. The minimum Gasteiger partial charge on any atom is -0.507 e. The molecule has 0 aliphatic rings. The van der Waals surface area contributed by atoms with Crippen LogP contribution in [0.2, 0.25) is 0 Å². The number of hydrogen-bond acceptors (Lipinski definition) is 3. The van der Waals surface area contributed by atoms with Gasteiger partial charge < -0.3 is 5.11 Å². The van der Waals surface area contributed by atoms with Crippen LogP contribution in [0, 0.1) is 6.85 Å². The Morgan fingerprint density at radius 3 is 1.93 bits per heavy atom. The number of aryl methyl sites for hydroxylation is 1. The molecular formula is C51H47N3O. The van der Waals surface area contributed by atoms with Gasteiger partial charge in [-0.05, 0) is 117 Å². The Morgan fingerprint density at radius 1 is 0.545 bits per heavy atom. The van der Waals surface area contributed by atoms with E-state index in [4.69, 9.17) is 14.1 Å². The van der Waals surface area contributed by atoms with Crippen molar-refractivity contribution in [3.8, 4) is 67.5 Å². The van der Waals surface area contributed by atoms with Gasteiger partial charge in [-0.2, -0.15) is 0 Å². The first-order valence-electron chi connectivity index (χ1n) is 20.3. The average Bonchev–Trinajstić information content (AvgIpc) is 3.59. The predicted molar refractivity (Wildman–Crippen MR) is 230 cm³/mol. The van der Waals surface area contributed by atoms with E-state index in [9.17, 15) is 5.11 Å². The molecule has 4 nitrogen and oxygen atoms in total. The lowest BCUT2D eigenvalue weighted by atomic mass is 9.83. The van der Waals surface area contributed by atoms with Crippen LogP contribution in [0.1, 0.15) is 62.3 Å². The number of imidazole rings is 1. The minimum absolute atomic E-state index is 0.0490. The number of aromatic hydroxyl groups is 1. The molecule has 2 heterocycles. The van der Waals surface area contributed by atoms with E-state index in [0.29, 0.717) is 22.6 Å². The quantitative estimate of drug-likeness (QED) is 0.186. The molecule has 8 aromatic rings. The van der Waals surface area contributed by atoms with Gasteiger partial charge in [0.2, 0.25) is 0 Å². The Labute approximate surface area is 329 Å². The summed E-state index contributed by atoms with van der Waals surface area (Å²) in [5, 5.41) is 11.2. The van der Waals surface area contributed by atoms with Crippen molar-refractivity contribution in [3.05, 3.63) is 168 Å². The van der Waals surface area contributed by atoms with Crippen molar-refractivity contribution in [2.75, 3.05) is 0 Å². The summed E-state index contributed by atoms with van der Waals surface area (Å²) in [6, 6.07) is 48.0. The third kappa shape index (κ3) is 6.97. The lowest BCUT2D eigenvalue weighted by molar-refractivity contribution is 0.477. The first-order valence-corrected chi connectivity index (χ1v) is 18.8. The zero-order valence-electron chi connectivity index (χ0n) is 35.2. The van der Waals surface area contributed by atoms with Crippen LogP contribution in [-0.4, -0.2) is 19.6 Å². The van der Waals surface area contributed by atoms with E-state index in [1.165, 1.54) is 5.56 Å². The zero-order chi connectivity index (χ0) is 41.0. The second-order valence-corrected chi connectivity index (χ2v) is 16.4. The van der Waals surface area contributed by atoms with E-state index in [1.807, 2.05) is 77.5 Å². The first-order chi connectivity index (χ1) is 27.6. The van der Waals surface area contributed by atoms with Crippen molar-refractivity contribution in [3.63, 3.8) is 0 Å². The number of pyridine rings is 1. The monoisotopic (exact) mass is 720 g/mol. The van der Waals surface area contributed by atoms with Crippen LogP contribution >= 0.6 is 0 Å². The summed E-state index contributed by atoms with van der Waals surface area (Å²) in [5.74, 6) is 0.491. The van der Waals surface area contributed by atoms with Gasteiger partial charge in [-0.3, -0.25) is 9.55 Å². The maximum atomic E-state index is 11.2. The van der Waals surface area contributed by atoms with Crippen molar-refractivity contribution < 1.29 is 9.22 Å². The van der Waals surface area contributed by atoms with Crippen LogP contribution in [0.25, 0.3) is 72.7 Å². The van der Waals surface area contributed by atoms with Crippen molar-refractivity contribution in [2.45, 2.75) is 59.2 Å². The highest BCUT2D eigenvalue weighted by Crippen LogP contribution is 2.41. The normalized spacial score (nSPS) is 13.0. The van der Waals surface area contributed by atoms with Gasteiger partial charge in [-0.15, -0.1) is 0 Å². The van der Waals surface area contributed by atoms with Crippen molar-refractivity contribution in [2.24, 2.45) is 0 Å². The van der Waals surface area contributed by atoms with E-state index in [1.54, 1.807) is 18.2 Å². The molecule has 6 aromatic carbocycles. The molecule has 0 bridgehead atoms. The van der Waals surface area contributed by atoms with E-state index in [0.717, 1.165) is 55.7 Å². The molecule has 0 unspecified atom stereocenters. The standard InChI is InChI=1S/C51H47N3O/c1-33-28-36(34-14-9-8-10-15-34)22-25-45(33)54-46-18-13-17-42(48(46)53-49(54)43-16-11-12-19-47(43)55)38-29-39(31-41(30-38)51(5,6)7)44-32-37(26-27-52-44)35-20-23-40(24-21-35)50(2,3)4/h8-32,55H,1-7H3/i1D3. The lowest BCUT2D eigenvalue weighted by Gasteiger charge is -2.22. The molecule has 0 saturated carbocycles. The van der Waals surface area contributed by atoms with Gasteiger partial charge in [0, 0.05) is 21.4 Å². The number of rotatable bonds is 6. The Bertz CT molecular complexity index is 2790. The minimum atomic E-state index is -2.45. The molecule has 0 aliphatic carbocycles. The SMILES string of the molecule is [2H]C([2H])([2H])c1cc(-c2ccccc2)ccc1-n1c(-c2ccccc2O)nc2c(-c3cc(-c4cc(-c5ccc(C(C)(C)C)cc5)ccn4)cc(C(C)(C)C)c3)cccc21. The Balaban J connectivity index is 1.34. The highest BCUT2D eigenvalue weighted by Gasteiger charge is 2.23. The number of aromatic nitrogens is 3. The molecule has 0 atom stereocenters. The molecule has 0 spiro atoms. The summed E-state index contributed by atoms with van der Waals surface area (Å²) >= 11 is 0. The Morgan fingerprint density at radius 2 is 1.20 bits per heavy atom. The zero-order valence-corrected chi connectivity index (χ0v) is 32.2. The maximum absolute atomic E-state index is 11.2. The second kappa shape index (κ2) is 13.9. The summed E-state index contributed by atoms with van der Waals surface area (Å²) in [6.07, 6.45) is 1.87. The summed E-state index contributed by atoms with van der Waals surface area (Å²) in [7, 11) is 0. The van der Waals surface area contributed by atoms with Gasteiger partial charge in [0.1, 0.15) is 11.6 Å². The summed E-state index contributed by atoms with van der Waals surface area (Å²) in [4.78, 5) is 10.2. The molecule has 4 heteroatoms. The summed E-state index contributed by atoms with van der Waals surface area (Å²) in [5.41, 5.74) is 12.5. The number of hydrogen-bond donors (Lipinski definition) is 1. The second-order valence-electron chi connectivity index (χ2n) is 16.4. The summed E-state index contributed by atoms with van der Waals surface area (Å²) in [6.45, 7) is 10.8. The molecule has 0 aliphatic heterocycles. The molecule has 0 saturated heterocycles.